The molecule has 8 nitrogen and oxygen atoms in total. The van der Waals surface area contributed by atoms with Crippen LogP contribution in [0.2, 0.25) is 5.02 Å². The van der Waals surface area contributed by atoms with Gasteiger partial charge in [0.1, 0.15) is 5.69 Å². The molecule has 2 aromatic heterocycles. The molecule has 0 radical (unpaired) electrons. The van der Waals surface area contributed by atoms with Crippen molar-refractivity contribution in [2.45, 2.75) is 31.8 Å². The summed E-state index contributed by atoms with van der Waals surface area (Å²) in [5.74, 6) is -0.269. The third-order valence-electron chi connectivity index (χ3n) is 6.83. The van der Waals surface area contributed by atoms with Gasteiger partial charge in [-0.25, -0.2) is 4.79 Å². The summed E-state index contributed by atoms with van der Waals surface area (Å²) < 4.78 is 6.77. The van der Waals surface area contributed by atoms with E-state index < -0.39 is 12.0 Å². The third-order valence-corrected chi connectivity index (χ3v) is 7.07. The number of carbonyl (C=O) groups excluding carboxylic acids is 2. The van der Waals surface area contributed by atoms with Crippen LogP contribution in [0.3, 0.4) is 0 Å². The van der Waals surface area contributed by atoms with E-state index in [0.29, 0.717) is 40.6 Å². The first-order valence-electron chi connectivity index (χ1n) is 11.0. The van der Waals surface area contributed by atoms with Gasteiger partial charge in [0.05, 0.1) is 18.8 Å². The number of anilines is 1. The van der Waals surface area contributed by atoms with Crippen LogP contribution in [0, 0.1) is 5.92 Å². The van der Waals surface area contributed by atoms with Crippen molar-refractivity contribution in [3.63, 3.8) is 0 Å². The van der Waals surface area contributed by atoms with E-state index in [2.05, 4.69) is 15.2 Å². The van der Waals surface area contributed by atoms with Gasteiger partial charge in [-0.15, -0.1) is 0 Å². The Hall–Kier alpha value is -3.10. The predicted molar refractivity (Wildman–Crippen MR) is 126 cm³/mol. The number of rotatable bonds is 4. The molecule has 5 rings (SSSR count). The van der Waals surface area contributed by atoms with E-state index in [-0.39, 0.29) is 23.1 Å². The van der Waals surface area contributed by atoms with Crippen LogP contribution in [0.1, 0.15) is 35.4 Å². The molecule has 9 heteroatoms. The number of nitrogens with zero attached hydrogens (tertiary/aromatic N) is 2. The van der Waals surface area contributed by atoms with Crippen LogP contribution in [0.15, 0.2) is 41.2 Å². The second-order valence-electron chi connectivity index (χ2n) is 8.87. The number of amides is 1. The van der Waals surface area contributed by atoms with Crippen LogP contribution in [0.25, 0.3) is 10.9 Å². The lowest BCUT2D eigenvalue weighted by atomic mass is 9.82. The minimum atomic E-state index is -0.570. The first-order chi connectivity index (χ1) is 15.9. The van der Waals surface area contributed by atoms with Gasteiger partial charge in [0.25, 0.3) is 5.56 Å². The molecule has 0 saturated carbocycles. The Balaban J connectivity index is 1.40. The quantitative estimate of drug-likeness (QED) is 0.573. The average molecular weight is 469 g/mol. The van der Waals surface area contributed by atoms with Crippen molar-refractivity contribution < 1.29 is 14.3 Å². The van der Waals surface area contributed by atoms with Gasteiger partial charge in [-0.2, -0.15) is 0 Å². The summed E-state index contributed by atoms with van der Waals surface area (Å²) in [6, 6.07) is 10.2. The van der Waals surface area contributed by atoms with Gasteiger partial charge in [0.2, 0.25) is 5.91 Å². The molecule has 2 N–H and O–H groups in total. The van der Waals surface area contributed by atoms with Gasteiger partial charge < -0.3 is 19.6 Å². The first kappa shape index (κ1) is 21.7. The number of H-pyrrole nitrogens is 1. The molecule has 1 aromatic carbocycles. The number of aromatic amines is 1. The monoisotopic (exact) mass is 468 g/mol. The van der Waals surface area contributed by atoms with Crippen LogP contribution in [-0.2, 0) is 16.1 Å². The minimum Gasteiger partial charge on any atom is -0.464 e. The molecule has 2 bridgehead atoms. The summed E-state index contributed by atoms with van der Waals surface area (Å²) >= 11 is 6.17. The molecule has 0 spiro atoms. The number of fused-ring (bicyclic) bond motifs is 5. The average Bonchev–Trinajstić information content (AvgIpc) is 3.16. The predicted octanol–water partition coefficient (Wildman–Crippen LogP) is 3.22. The molecule has 33 heavy (non-hydrogen) atoms. The van der Waals surface area contributed by atoms with Crippen LogP contribution in [-0.4, -0.2) is 52.6 Å². The number of hydrogen-bond donors (Lipinski definition) is 2. The number of benzene rings is 1. The van der Waals surface area contributed by atoms with Crippen molar-refractivity contribution in [1.82, 2.24) is 14.5 Å². The lowest BCUT2D eigenvalue weighted by Crippen LogP contribution is -2.52. The highest BCUT2D eigenvalue weighted by Gasteiger charge is 2.37. The smallest absolute Gasteiger partial charge is 0.356 e. The number of likely N-dealkylation sites (tertiary alicyclic amines) is 1. The summed E-state index contributed by atoms with van der Waals surface area (Å²) in [6.45, 7) is 3.96. The van der Waals surface area contributed by atoms with Gasteiger partial charge >= 0.3 is 5.97 Å². The second-order valence-corrected chi connectivity index (χ2v) is 9.31. The zero-order chi connectivity index (χ0) is 23.3. The largest absolute Gasteiger partial charge is 0.464 e. The Morgan fingerprint density at radius 3 is 2.82 bits per heavy atom. The molecule has 1 fully saturated rings. The first-order valence-corrected chi connectivity index (χ1v) is 11.4. The number of hydrogen-bond acceptors (Lipinski definition) is 5. The summed E-state index contributed by atoms with van der Waals surface area (Å²) in [4.78, 5) is 43.1. The minimum absolute atomic E-state index is 0.0368. The van der Waals surface area contributed by atoms with E-state index in [1.165, 1.54) is 7.11 Å². The van der Waals surface area contributed by atoms with Crippen LogP contribution in [0.4, 0.5) is 5.69 Å². The second kappa shape index (κ2) is 8.35. The normalized spacial score (nSPS) is 20.8. The Morgan fingerprint density at radius 1 is 1.21 bits per heavy atom. The van der Waals surface area contributed by atoms with Crippen molar-refractivity contribution >= 4 is 40.1 Å². The van der Waals surface area contributed by atoms with Gasteiger partial charge in [-0.1, -0.05) is 17.7 Å². The van der Waals surface area contributed by atoms with Crippen molar-refractivity contribution in [1.29, 1.82) is 0 Å². The van der Waals surface area contributed by atoms with Crippen molar-refractivity contribution in [2.24, 2.45) is 5.92 Å². The number of methoxy groups -OCH3 is 1. The number of esters is 1. The number of halogens is 1. The summed E-state index contributed by atoms with van der Waals surface area (Å²) in [7, 11) is 1.30. The maximum atomic E-state index is 13.3. The molecule has 0 aliphatic carbocycles. The molecular weight excluding hydrogens is 444 g/mol. The van der Waals surface area contributed by atoms with Crippen molar-refractivity contribution in [3.8, 4) is 0 Å². The van der Waals surface area contributed by atoms with E-state index >= 15 is 0 Å². The number of nitrogens with one attached hydrogen (secondary N) is 2. The highest BCUT2D eigenvalue weighted by Crippen LogP contribution is 2.36. The van der Waals surface area contributed by atoms with Crippen molar-refractivity contribution in [2.75, 3.05) is 25.5 Å². The number of pyridine rings is 1. The molecule has 4 heterocycles. The fourth-order valence-electron chi connectivity index (χ4n) is 5.19. The highest BCUT2D eigenvalue weighted by atomic mass is 35.5. The Bertz CT molecular complexity index is 1310. The Kier molecular flexibility index (Phi) is 5.50. The lowest BCUT2D eigenvalue weighted by Gasteiger charge is -2.44. The molecule has 3 aromatic rings. The van der Waals surface area contributed by atoms with Crippen LogP contribution >= 0.6 is 11.6 Å². The Labute approximate surface area is 195 Å². The van der Waals surface area contributed by atoms with E-state index in [4.69, 9.17) is 16.3 Å². The zero-order valence-electron chi connectivity index (χ0n) is 18.4. The summed E-state index contributed by atoms with van der Waals surface area (Å²) in [6.07, 6.45) is 1.02. The van der Waals surface area contributed by atoms with Gasteiger partial charge in [0, 0.05) is 53.2 Å². The van der Waals surface area contributed by atoms with E-state index in [9.17, 15) is 14.4 Å². The van der Waals surface area contributed by atoms with Crippen LogP contribution < -0.4 is 10.9 Å². The summed E-state index contributed by atoms with van der Waals surface area (Å²) in [5, 5.41) is 4.09. The van der Waals surface area contributed by atoms with Crippen LogP contribution in [0.5, 0.6) is 0 Å². The molecule has 172 valence electrons. The zero-order valence-corrected chi connectivity index (χ0v) is 19.2. The SMILES string of the molecule is COC(=O)c1[nH]c2ccc(Cl)cc2c1NC(=O)C(C)N1CC2CC(C1)c1cccc(=O)n1C2. The summed E-state index contributed by atoms with van der Waals surface area (Å²) in [5.41, 5.74) is 2.30. The highest BCUT2D eigenvalue weighted by molar-refractivity contribution is 6.31. The van der Waals surface area contributed by atoms with Gasteiger partial charge in [0.15, 0.2) is 0 Å². The van der Waals surface area contributed by atoms with Crippen molar-refractivity contribution in [3.05, 3.63) is 63.2 Å². The Morgan fingerprint density at radius 2 is 2.03 bits per heavy atom. The fourth-order valence-corrected chi connectivity index (χ4v) is 5.36. The fraction of sp³-hybridized carbons (Fsp3) is 0.375. The molecule has 2 aliphatic heterocycles. The maximum Gasteiger partial charge on any atom is 0.356 e. The van der Waals surface area contributed by atoms with E-state index in [1.807, 2.05) is 17.6 Å². The maximum absolute atomic E-state index is 13.3. The van der Waals surface area contributed by atoms with Gasteiger partial charge in [-0.3, -0.25) is 14.5 Å². The molecule has 3 atom stereocenters. The third kappa shape index (κ3) is 3.83. The lowest BCUT2D eigenvalue weighted by molar-refractivity contribution is -0.121. The molecular formula is C24H25ClN4O4. The number of ether oxygens (including phenoxy) is 1. The molecule has 1 saturated heterocycles. The standard InChI is InChI=1S/C24H25ClN4O4/c1-13(28-10-14-8-15(12-28)19-4-3-5-20(30)29(19)11-14)23(31)27-21-17-9-16(25)6-7-18(17)26-22(21)24(32)33-2/h3-7,9,13-15,26H,8,10-12H2,1-2H3,(H,27,31). The molecule has 1 amide bonds. The number of piperidine rings is 1. The van der Waals surface area contributed by atoms with Gasteiger partial charge in [-0.05, 0) is 43.5 Å². The van der Waals surface area contributed by atoms with E-state index in [1.54, 1.807) is 30.3 Å². The topological polar surface area (TPSA) is 96.4 Å². The number of carbonyl (C=O) groups is 2. The van der Waals surface area contributed by atoms with E-state index in [0.717, 1.165) is 18.7 Å². The molecule has 3 unspecified atom stereocenters. The number of aromatic nitrogens is 2. The molecule has 2 aliphatic rings.